The molecular formula is C19H26ClNO4. The van der Waals surface area contributed by atoms with Crippen LogP contribution in [0.1, 0.15) is 46.1 Å². The standard InChI is InChI=1S/C18H26ClNO2.CO2/c1-5-22-17(21)13-8-10-20(11-9-13)16-7-6-14(12-15(16)19)18(2,3)4;2-1-3/h6-7,12-13H,5,8-11H2,1-4H3;. The largest absolute Gasteiger partial charge is 0.466 e. The molecule has 0 spiro atoms. The van der Waals surface area contributed by atoms with Crippen molar-refractivity contribution in [2.45, 2.75) is 46.0 Å². The molecule has 1 aromatic carbocycles. The predicted molar refractivity (Wildman–Crippen MR) is 96.7 cm³/mol. The van der Waals surface area contributed by atoms with Gasteiger partial charge >= 0.3 is 12.1 Å². The Morgan fingerprint density at radius 3 is 2.28 bits per heavy atom. The fraction of sp³-hybridized carbons (Fsp3) is 0.579. The third-order valence-electron chi connectivity index (χ3n) is 4.27. The third-order valence-corrected chi connectivity index (χ3v) is 4.57. The van der Waals surface area contributed by atoms with E-state index in [0.29, 0.717) is 6.61 Å². The summed E-state index contributed by atoms with van der Waals surface area (Å²) in [6, 6.07) is 6.32. The lowest BCUT2D eigenvalue weighted by molar-refractivity contribution is -0.191. The van der Waals surface area contributed by atoms with Crippen LogP contribution in [0.5, 0.6) is 0 Å². The summed E-state index contributed by atoms with van der Waals surface area (Å²) in [7, 11) is 0. The lowest BCUT2D eigenvalue weighted by atomic mass is 9.87. The SMILES string of the molecule is CCOC(=O)C1CCN(c2ccc(C(C)(C)C)cc2Cl)CC1.O=C=O. The number of ether oxygens (including phenoxy) is 1. The van der Waals surface area contributed by atoms with Gasteiger partial charge in [-0.15, -0.1) is 0 Å². The zero-order valence-corrected chi connectivity index (χ0v) is 16.1. The van der Waals surface area contributed by atoms with Crippen LogP contribution in [0, 0.1) is 5.92 Å². The van der Waals surface area contributed by atoms with E-state index < -0.39 is 0 Å². The maximum Gasteiger partial charge on any atom is 0.373 e. The van der Waals surface area contributed by atoms with Crippen molar-refractivity contribution in [2.24, 2.45) is 5.92 Å². The van der Waals surface area contributed by atoms with Crippen molar-refractivity contribution < 1.29 is 19.1 Å². The van der Waals surface area contributed by atoms with Crippen LogP contribution in [0.15, 0.2) is 18.2 Å². The molecule has 138 valence electrons. The Morgan fingerprint density at radius 1 is 1.28 bits per heavy atom. The molecule has 1 fully saturated rings. The number of halogens is 1. The molecule has 1 aromatic rings. The van der Waals surface area contributed by atoms with Crippen LogP contribution in [0.25, 0.3) is 0 Å². The molecule has 0 N–H and O–H groups in total. The molecule has 25 heavy (non-hydrogen) atoms. The average Bonchev–Trinajstić information content (AvgIpc) is 2.55. The summed E-state index contributed by atoms with van der Waals surface area (Å²) in [5.74, 6) is -0.0276. The lowest BCUT2D eigenvalue weighted by Crippen LogP contribution is -2.37. The number of rotatable bonds is 3. The smallest absolute Gasteiger partial charge is 0.373 e. The number of nitrogens with zero attached hydrogens (tertiary/aromatic N) is 1. The summed E-state index contributed by atoms with van der Waals surface area (Å²) >= 11 is 6.48. The molecule has 0 aliphatic carbocycles. The van der Waals surface area contributed by atoms with Crippen molar-refractivity contribution in [1.82, 2.24) is 0 Å². The van der Waals surface area contributed by atoms with Gasteiger partial charge in [0, 0.05) is 13.1 Å². The zero-order chi connectivity index (χ0) is 19.0. The second-order valence-electron chi connectivity index (χ2n) is 7.01. The van der Waals surface area contributed by atoms with Gasteiger partial charge in [0.25, 0.3) is 0 Å². The van der Waals surface area contributed by atoms with Crippen LogP contribution in [0.4, 0.5) is 5.69 Å². The second-order valence-corrected chi connectivity index (χ2v) is 7.42. The highest BCUT2D eigenvalue weighted by molar-refractivity contribution is 6.33. The van der Waals surface area contributed by atoms with Gasteiger partial charge in [-0.1, -0.05) is 38.4 Å². The molecule has 0 unspecified atom stereocenters. The van der Waals surface area contributed by atoms with Crippen molar-refractivity contribution in [3.8, 4) is 0 Å². The van der Waals surface area contributed by atoms with Crippen molar-refractivity contribution in [2.75, 3.05) is 24.6 Å². The van der Waals surface area contributed by atoms with Crippen LogP contribution in [-0.2, 0) is 24.5 Å². The summed E-state index contributed by atoms with van der Waals surface area (Å²) in [6.45, 7) is 10.5. The highest BCUT2D eigenvalue weighted by atomic mass is 35.5. The summed E-state index contributed by atoms with van der Waals surface area (Å²) < 4.78 is 5.12. The molecule has 0 aromatic heterocycles. The number of esters is 1. The fourth-order valence-corrected chi connectivity index (χ4v) is 3.15. The first-order valence-electron chi connectivity index (χ1n) is 8.45. The lowest BCUT2D eigenvalue weighted by Gasteiger charge is -2.33. The molecule has 1 saturated heterocycles. The molecule has 0 radical (unpaired) electrons. The van der Waals surface area contributed by atoms with E-state index in [2.05, 4.69) is 43.9 Å². The van der Waals surface area contributed by atoms with Gasteiger partial charge in [-0.3, -0.25) is 4.79 Å². The number of hydrogen-bond donors (Lipinski definition) is 0. The Balaban J connectivity index is 0.000000970. The molecule has 0 bridgehead atoms. The Kier molecular flexibility index (Phi) is 8.14. The summed E-state index contributed by atoms with van der Waals surface area (Å²) in [4.78, 5) is 30.3. The summed E-state index contributed by atoms with van der Waals surface area (Å²) in [5.41, 5.74) is 2.40. The van der Waals surface area contributed by atoms with Crippen molar-refractivity contribution in [3.05, 3.63) is 28.8 Å². The molecular weight excluding hydrogens is 342 g/mol. The van der Waals surface area contributed by atoms with E-state index in [1.54, 1.807) is 0 Å². The van der Waals surface area contributed by atoms with E-state index in [1.165, 1.54) is 5.56 Å². The van der Waals surface area contributed by atoms with E-state index in [9.17, 15) is 4.79 Å². The van der Waals surface area contributed by atoms with Gasteiger partial charge in [0.1, 0.15) is 0 Å². The Bertz CT molecular complexity index is 610. The van der Waals surface area contributed by atoms with E-state index in [1.807, 2.05) is 6.92 Å². The van der Waals surface area contributed by atoms with Gasteiger partial charge in [0.05, 0.1) is 23.2 Å². The van der Waals surface area contributed by atoms with Crippen LogP contribution >= 0.6 is 11.6 Å². The molecule has 1 aliphatic heterocycles. The normalized spacial score (nSPS) is 15.0. The molecule has 1 aliphatic rings. The van der Waals surface area contributed by atoms with E-state index in [0.717, 1.165) is 36.6 Å². The summed E-state index contributed by atoms with van der Waals surface area (Å²) in [5, 5.41) is 0.794. The van der Waals surface area contributed by atoms with Crippen molar-refractivity contribution >= 4 is 29.4 Å². The van der Waals surface area contributed by atoms with Crippen LogP contribution in [-0.4, -0.2) is 31.8 Å². The predicted octanol–water partition coefficient (Wildman–Crippen LogP) is 3.83. The first-order chi connectivity index (χ1) is 11.7. The molecule has 0 amide bonds. The van der Waals surface area contributed by atoms with Gasteiger partial charge in [0.15, 0.2) is 0 Å². The second kappa shape index (κ2) is 9.59. The van der Waals surface area contributed by atoms with Crippen LogP contribution in [0.3, 0.4) is 0 Å². The van der Waals surface area contributed by atoms with Gasteiger partial charge in [-0.25, -0.2) is 0 Å². The highest BCUT2D eigenvalue weighted by Crippen LogP contribution is 2.34. The maximum atomic E-state index is 11.8. The molecule has 1 heterocycles. The van der Waals surface area contributed by atoms with Gasteiger partial charge in [-0.2, -0.15) is 9.59 Å². The molecule has 0 atom stereocenters. The number of carbonyl (C=O) groups is 1. The maximum absolute atomic E-state index is 11.8. The fourth-order valence-electron chi connectivity index (χ4n) is 2.85. The zero-order valence-electron chi connectivity index (χ0n) is 15.3. The van der Waals surface area contributed by atoms with Crippen molar-refractivity contribution in [1.29, 1.82) is 0 Å². The Labute approximate surface area is 154 Å². The minimum Gasteiger partial charge on any atom is -0.466 e. The summed E-state index contributed by atoms with van der Waals surface area (Å²) in [6.07, 6.45) is 1.91. The first-order valence-corrected chi connectivity index (χ1v) is 8.83. The minimum atomic E-state index is -0.0590. The number of anilines is 1. The number of benzene rings is 1. The topological polar surface area (TPSA) is 63.7 Å². The Morgan fingerprint density at radius 2 is 1.84 bits per heavy atom. The van der Waals surface area contributed by atoms with E-state index in [4.69, 9.17) is 25.9 Å². The van der Waals surface area contributed by atoms with Crippen molar-refractivity contribution in [3.63, 3.8) is 0 Å². The average molecular weight is 368 g/mol. The number of piperidine rings is 1. The van der Waals surface area contributed by atoms with E-state index in [-0.39, 0.29) is 23.5 Å². The molecule has 6 heteroatoms. The molecule has 0 saturated carbocycles. The van der Waals surface area contributed by atoms with Gasteiger partial charge in [-0.05, 0) is 42.9 Å². The molecule has 5 nitrogen and oxygen atoms in total. The van der Waals surface area contributed by atoms with E-state index >= 15 is 0 Å². The molecule has 2 rings (SSSR count). The highest BCUT2D eigenvalue weighted by Gasteiger charge is 2.27. The quantitative estimate of drug-likeness (QED) is 0.759. The van der Waals surface area contributed by atoms with Crippen LogP contribution < -0.4 is 4.90 Å². The van der Waals surface area contributed by atoms with Gasteiger partial charge < -0.3 is 9.64 Å². The first kappa shape index (κ1) is 21.2. The third kappa shape index (κ3) is 6.18. The monoisotopic (exact) mass is 367 g/mol. The van der Waals surface area contributed by atoms with Gasteiger partial charge in [0.2, 0.25) is 0 Å². The minimum absolute atomic E-state index is 0.0313. The number of carbonyl (C=O) groups excluding carboxylic acids is 3. The number of hydrogen-bond acceptors (Lipinski definition) is 5. The van der Waals surface area contributed by atoms with Crippen LogP contribution in [0.2, 0.25) is 5.02 Å². The Hall–Kier alpha value is -1.84.